The van der Waals surface area contributed by atoms with Gasteiger partial charge >= 0.3 is 5.97 Å². The number of rotatable bonds is 25. The number of carbonyl (C=O) groups is 5. The maximum atomic E-state index is 14.1. The van der Waals surface area contributed by atoms with E-state index in [1.54, 1.807) is 0 Å². The average molecular weight is 1130 g/mol. The number of carbonyl (C=O) groups excluding carboxylic acids is 4. The molecule has 3 saturated heterocycles. The van der Waals surface area contributed by atoms with Gasteiger partial charge in [-0.15, -0.1) is 11.3 Å². The van der Waals surface area contributed by atoms with E-state index in [0.29, 0.717) is 47.2 Å². The lowest BCUT2D eigenvalue weighted by atomic mass is 9.98. The summed E-state index contributed by atoms with van der Waals surface area (Å²) in [5.41, 5.74) is 8.41. The molecule has 13 nitrogen and oxygen atoms in total. The lowest BCUT2D eigenvalue weighted by Gasteiger charge is -2.27. The number of thiocarbonyl (C=S) groups is 2. The third-order valence-electron chi connectivity index (χ3n) is 13.6. The van der Waals surface area contributed by atoms with Crippen LogP contribution in [0.15, 0.2) is 63.3 Å². The number of hydrogen-bond acceptors (Lipinski definition) is 14. The number of aromatic nitrogens is 1. The first-order chi connectivity index (χ1) is 36.2. The Hall–Kier alpha value is -4.79. The maximum absolute atomic E-state index is 14.1. The third-order valence-corrected chi connectivity index (χ3v) is 19.4. The summed E-state index contributed by atoms with van der Waals surface area (Å²) in [6.07, 6.45) is 21.6. The second-order valence-corrected chi connectivity index (χ2v) is 24.5. The molecule has 0 radical (unpaired) electrons. The summed E-state index contributed by atoms with van der Waals surface area (Å²) >= 11 is 15.8. The van der Waals surface area contributed by atoms with Crippen LogP contribution in [0.2, 0.25) is 0 Å². The molecule has 1 N–H and O–H groups in total. The van der Waals surface area contributed by atoms with Gasteiger partial charge in [-0.3, -0.25) is 43.1 Å². The first-order valence-corrected chi connectivity index (χ1v) is 30.4. The molecule has 0 spiro atoms. The number of fused-ring (bicyclic) bond motifs is 2. The molecule has 2 unspecified atom stereocenters. The molecule has 5 heterocycles. The molecule has 0 saturated carbocycles. The van der Waals surface area contributed by atoms with Crippen molar-refractivity contribution in [2.75, 3.05) is 31.1 Å². The molecule has 7 rings (SSSR count). The Bertz CT molecular complexity index is 2980. The number of amides is 3. The van der Waals surface area contributed by atoms with Crippen molar-refractivity contribution < 1.29 is 33.8 Å². The Morgan fingerprint density at radius 1 is 0.733 bits per heavy atom. The van der Waals surface area contributed by atoms with Crippen molar-refractivity contribution in [2.45, 2.75) is 142 Å². The molecule has 4 aliphatic heterocycles. The zero-order valence-electron chi connectivity index (χ0n) is 43.4. The fraction of sp³-hybridized carbons (Fsp3) is 0.464. The molecule has 3 amide bonds. The number of carboxylic acids is 1. The summed E-state index contributed by atoms with van der Waals surface area (Å²) in [5, 5.41) is 8.46. The van der Waals surface area contributed by atoms with Crippen molar-refractivity contribution in [3.05, 3.63) is 100 Å². The van der Waals surface area contributed by atoms with Gasteiger partial charge < -0.3 is 19.6 Å². The molecule has 2 aromatic carbocycles. The molecule has 4 aliphatic rings. The summed E-state index contributed by atoms with van der Waals surface area (Å²) in [7, 11) is 0. The van der Waals surface area contributed by atoms with Gasteiger partial charge in [0.15, 0.2) is 6.73 Å². The molecule has 0 aliphatic carbocycles. The Kier molecular flexibility index (Phi) is 21.2. The number of ether oxygens (including phenoxy) is 1. The number of aliphatic carboxylic acids is 1. The quantitative estimate of drug-likeness (QED) is 0.0371. The minimum atomic E-state index is -1.14. The summed E-state index contributed by atoms with van der Waals surface area (Å²) in [4.78, 5) is 85.9. The van der Waals surface area contributed by atoms with Crippen LogP contribution in [-0.4, -0.2) is 100.0 Å². The number of thioether (sulfide) groups is 3. The Morgan fingerprint density at radius 2 is 1.33 bits per heavy atom. The first-order valence-electron chi connectivity index (χ1n) is 26.2. The van der Waals surface area contributed by atoms with Crippen LogP contribution in [0.4, 0.5) is 11.4 Å². The maximum Gasteiger partial charge on any atom is 0.323 e. The van der Waals surface area contributed by atoms with Crippen LogP contribution in [0.3, 0.4) is 0 Å². The van der Waals surface area contributed by atoms with Crippen molar-refractivity contribution in [1.82, 2.24) is 19.3 Å². The number of aryl methyl sites for hydroxylation is 2. The van der Waals surface area contributed by atoms with Crippen LogP contribution in [0.1, 0.15) is 134 Å². The van der Waals surface area contributed by atoms with Crippen molar-refractivity contribution >= 4 is 144 Å². The van der Waals surface area contributed by atoms with E-state index < -0.39 is 29.0 Å². The number of allylic oxidation sites excluding steroid dienone is 3. The molecular formula is C56H67N5O8S6. The van der Waals surface area contributed by atoms with Crippen LogP contribution in [0.5, 0.6) is 0 Å². The van der Waals surface area contributed by atoms with E-state index in [2.05, 4.69) is 74.2 Å². The van der Waals surface area contributed by atoms with Crippen molar-refractivity contribution in [3.8, 4) is 0 Å². The van der Waals surface area contributed by atoms with Gasteiger partial charge in [0.1, 0.15) is 35.4 Å². The number of thiazole rings is 1. The predicted molar refractivity (Wildman–Crippen MR) is 316 cm³/mol. The zero-order valence-corrected chi connectivity index (χ0v) is 48.3. The highest BCUT2D eigenvalue weighted by Gasteiger charge is 2.50. The van der Waals surface area contributed by atoms with Crippen molar-refractivity contribution in [3.63, 3.8) is 0 Å². The minimum Gasteiger partial charge on any atom is -0.480 e. The van der Waals surface area contributed by atoms with Gasteiger partial charge in [0.05, 0.1) is 9.44 Å². The van der Waals surface area contributed by atoms with Crippen molar-refractivity contribution in [2.24, 2.45) is 0 Å². The van der Waals surface area contributed by atoms with E-state index >= 15 is 0 Å². The summed E-state index contributed by atoms with van der Waals surface area (Å²) in [6.45, 7) is 11.4. The Morgan fingerprint density at radius 3 is 1.88 bits per heavy atom. The monoisotopic (exact) mass is 1130 g/mol. The topological polar surface area (TPSA) is 150 Å². The van der Waals surface area contributed by atoms with E-state index in [1.165, 1.54) is 76.6 Å². The zero-order chi connectivity index (χ0) is 53.8. The minimum absolute atomic E-state index is 0.203. The van der Waals surface area contributed by atoms with Crippen LogP contribution in [0, 0.1) is 0 Å². The van der Waals surface area contributed by atoms with Crippen LogP contribution in [0.25, 0.3) is 23.1 Å². The summed E-state index contributed by atoms with van der Waals surface area (Å²) < 4.78 is 8.13. The van der Waals surface area contributed by atoms with E-state index in [-0.39, 0.29) is 24.1 Å². The molecule has 3 aromatic rings. The normalized spacial score (nSPS) is 19.8. The molecule has 0 bridgehead atoms. The number of anilines is 2. The van der Waals surface area contributed by atoms with E-state index in [1.807, 2.05) is 26.0 Å². The van der Waals surface area contributed by atoms with Gasteiger partial charge in [0.2, 0.25) is 5.91 Å². The van der Waals surface area contributed by atoms with Crippen LogP contribution >= 0.6 is 71.1 Å². The van der Waals surface area contributed by atoms with Gasteiger partial charge in [-0.05, 0) is 129 Å². The van der Waals surface area contributed by atoms with Gasteiger partial charge in [-0.2, -0.15) is 0 Å². The fourth-order valence-corrected chi connectivity index (χ4v) is 15.5. The first kappa shape index (κ1) is 57.9. The summed E-state index contributed by atoms with van der Waals surface area (Å²) in [5.74, 6) is -2.01. The molecular weight excluding hydrogens is 1060 g/mol. The van der Waals surface area contributed by atoms with E-state index in [9.17, 15) is 33.9 Å². The number of carboxylic acid groups (broad SMARTS) is 1. The summed E-state index contributed by atoms with van der Waals surface area (Å²) in [6, 6.07) is 13.3. The van der Waals surface area contributed by atoms with Gasteiger partial charge in [0.25, 0.3) is 23.8 Å². The number of nitrogens with zero attached hydrogens (tertiary/aromatic N) is 5. The standard InChI is InChI=1S/C56H67N5O8S6/c1-6-11-14-17-26-59-42-24-20-38(27-36(18-15-12-7-2)31-44-49(65)60(33-46(63)64)53(72-44)47-51(67)57(9-4)55(70)74-47)29-40(42)22-23-41-30-39(21-25-43(41)59)28-37(19-16-13-8-3)32-45-50(66)61(34-69-35-62)54(73-45)48-52(68)58(10-5)56(71)75-48/h20-21,24-25,27-32,35,47,53H,6-19,22-23,26,33-34H2,1-5H3,(H,63,64)/b36-27+,37-28+,44-31+,45-32+,54-48+. The number of benzene rings is 2. The second kappa shape index (κ2) is 27.5. The molecule has 1 aromatic heterocycles. The highest BCUT2D eigenvalue weighted by molar-refractivity contribution is 8.30. The predicted octanol–water partition coefficient (Wildman–Crippen LogP) is 10.4. The molecule has 2 atom stereocenters. The highest BCUT2D eigenvalue weighted by Crippen LogP contribution is 2.45. The molecule has 400 valence electrons. The van der Waals surface area contributed by atoms with Crippen LogP contribution in [-0.2, 0) is 48.3 Å². The lowest BCUT2D eigenvalue weighted by molar-refractivity contribution is -0.143. The second-order valence-electron chi connectivity index (χ2n) is 18.9. The average Bonchev–Trinajstić information content (AvgIpc) is 4.03. The third kappa shape index (κ3) is 13.9. The SMILES string of the molecule is CCCCCCN1c2ccc(/C=C(/C=C3/SC(C4SC(=S)N(CC)C4=O)N(CC(=O)O)C3=O)CCCCC)cc2CCc2cc(/C=C(/C=c3/s/c(=C4/SC(=S)N(CC)C4=O)n(COC=O)c3=O)CCCCC)ccc21. The van der Waals surface area contributed by atoms with Gasteiger partial charge in [0, 0.05) is 31.0 Å². The van der Waals surface area contributed by atoms with E-state index in [0.717, 1.165) is 130 Å². The molecule has 19 heteroatoms. The highest BCUT2D eigenvalue weighted by atomic mass is 32.2. The lowest BCUT2D eigenvalue weighted by Crippen LogP contribution is -2.45. The number of hydrogen-bond donors (Lipinski definition) is 1. The van der Waals surface area contributed by atoms with Gasteiger partial charge in [-0.1, -0.05) is 150 Å². The Balaban J connectivity index is 1.24. The molecule has 3 fully saturated rings. The van der Waals surface area contributed by atoms with E-state index in [4.69, 9.17) is 29.2 Å². The Labute approximate surface area is 467 Å². The van der Waals surface area contributed by atoms with Crippen LogP contribution < -0.4 is 19.7 Å². The van der Waals surface area contributed by atoms with Gasteiger partial charge in [-0.25, -0.2) is 0 Å². The molecule has 75 heavy (non-hydrogen) atoms. The smallest absolute Gasteiger partial charge is 0.323 e. The number of unbranched alkanes of at least 4 members (excludes halogenated alkanes) is 7. The fourth-order valence-electron chi connectivity index (χ4n) is 9.72. The largest absolute Gasteiger partial charge is 0.480 e. The van der Waals surface area contributed by atoms with Crippen molar-refractivity contribution in [1.29, 1.82) is 0 Å².